The predicted molar refractivity (Wildman–Crippen MR) is 29.1 cm³/mol. The molecule has 0 aliphatic carbocycles. The third-order valence-corrected chi connectivity index (χ3v) is 0.827. The largest absolute Gasteiger partial charge is 3.00 e. The van der Waals surface area contributed by atoms with Gasteiger partial charge < -0.3 is 9.02 Å². The van der Waals surface area contributed by atoms with Gasteiger partial charge in [0.05, 0.1) is 0 Å². The van der Waals surface area contributed by atoms with E-state index < -0.39 is 0 Å². The molecule has 1 saturated heterocycles. The van der Waals surface area contributed by atoms with Crippen LogP contribution in [0.25, 0.3) is 0 Å². The molecule has 0 aromatic carbocycles. The summed E-state index contributed by atoms with van der Waals surface area (Å²) in [6.45, 7) is 2.00. The van der Waals surface area contributed by atoms with Crippen molar-refractivity contribution < 1.29 is 9.02 Å². The zero-order chi connectivity index (χ0) is 3.54. The number of hydrogen-bond donors (Lipinski definition) is 0. The first-order valence-electron chi connectivity index (χ1n) is 2.08. The van der Waals surface area contributed by atoms with Crippen LogP contribution < -0.4 is 0 Å². The summed E-state index contributed by atoms with van der Waals surface area (Å²) in [6.07, 6.45) is 2.56. The molecule has 0 spiro atoms. The van der Waals surface area contributed by atoms with Crippen LogP contribution in [0.1, 0.15) is 17.1 Å². The molecule has 0 saturated carbocycles. The molecule has 0 aromatic rings. The van der Waals surface area contributed by atoms with Crippen molar-refractivity contribution in [1.29, 1.82) is 0 Å². The third-order valence-electron chi connectivity index (χ3n) is 0.827. The molecule has 1 rings (SSSR count). The molecule has 0 radical (unpaired) electrons. The fraction of sp³-hybridized carbons (Fsp3) is 1.00. The first kappa shape index (κ1) is 6.02. The summed E-state index contributed by atoms with van der Waals surface area (Å²) in [6, 6.07) is 0. The maximum atomic E-state index is 4.94. The van der Waals surface area contributed by atoms with Gasteiger partial charge in [0, 0.05) is 13.2 Å². The van der Waals surface area contributed by atoms with E-state index in [1.807, 2.05) is 0 Å². The van der Waals surface area contributed by atoms with E-state index in [1.165, 1.54) is 12.8 Å². The Morgan fingerprint density at radius 2 is 1.67 bits per heavy atom. The van der Waals surface area contributed by atoms with Crippen LogP contribution in [0.5, 0.6) is 0 Å². The predicted octanol–water partition coefficient (Wildman–Crippen LogP) is 0.753. The van der Waals surface area contributed by atoms with Gasteiger partial charge in [0.15, 0.2) is 0 Å². The maximum Gasteiger partial charge on any atom is 3.00 e. The molecule has 1 aliphatic heterocycles. The van der Waals surface area contributed by atoms with Crippen LogP contribution in [-0.2, 0) is 4.74 Å². The van der Waals surface area contributed by atoms with E-state index in [-0.39, 0.29) is 12.7 Å². The van der Waals surface area contributed by atoms with Gasteiger partial charge in [-0.15, -0.1) is 0 Å². The smallest absolute Gasteiger partial charge is 1.00 e. The van der Waals surface area contributed by atoms with E-state index in [0.717, 1.165) is 13.2 Å². The van der Waals surface area contributed by atoms with Gasteiger partial charge in [0.25, 0.3) is 0 Å². The molecule has 0 atom stereocenters. The molecule has 6 heavy (non-hydrogen) atoms. The third kappa shape index (κ3) is 1.46. The van der Waals surface area contributed by atoms with Crippen molar-refractivity contribution in [2.45, 2.75) is 12.8 Å². The number of ether oxygens (including phenoxy) is 1. The molecular formula is C4H11BO. The summed E-state index contributed by atoms with van der Waals surface area (Å²) in [5.74, 6) is 0. The Hall–Kier alpha value is 0.0249. The van der Waals surface area contributed by atoms with Crippen molar-refractivity contribution in [3.8, 4) is 0 Å². The van der Waals surface area contributed by atoms with Crippen LogP contribution in [0.2, 0.25) is 0 Å². The van der Waals surface area contributed by atoms with Crippen molar-refractivity contribution in [3.05, 3.63) is 0 Å². The monoisotopic (exact) mass is 86.1 g/mol. The Kier molecular flexibility index (Phi) is 3.24. The molecule has 0 unspecified atom stereocenters. The Balaban J connectivity index is -0.0000000312. The van der Waals surface area contributed by atoms with Crippen molar-refractivity contribution in [2.24, 2.45) is 0 Å². The van der Waals surface area contributed by atoms with Gasteiger partial charge in [-0.2, -0.15) is 0 Å². The average molecular weight is 85.9 g/mol. The van der Waals surface area contributed by atoms with Crippen LogP contribution in [0.15, 0.2) is 0 Å². The van der Waals surface area contributed by atoms with E-state index in [1.54, 1.807) is 0 Å². The van der Waals surface area contributed by atoms with Crippen molar-refractivity contribution >= 4 is 8.41 Å². The molecule has 36 valence electrons. The normalized spacial score (nSPS) is 20.0. The van der Waals surface area contributed by atoms with Crippen LogP contribution in [0, 0.1) is 0 Å². The van der Waals surface area contributed by atoms with Gasteiger partial charge in [-0.05, 0) is 12.8 Å². The van der Waals surface area contributed by atoms with E-state index in [4.69, 9.17) is 4.74 Å². The van der Waals surface area contributed by atoms with E-state index in [0.29, 0.717) is 0 Å². The average Bonchev–Trinajstić information content (AvgIpc) is 1.76. The minimum Gasteiger partial charge on any atom is -1.00 e. The van der Waals surface area contributed by atoms with Gasteiger partial charge >= 0.3 is 8.41 Å². The molecule has 1 fully saturated rings. The fourth-order valence-electron chi connectivity index (χ4n) is 0.510. The SMILES string of the molecule is C1CCOC1.[B+3].[H-].[H-].[H-]. The van der Waals surface area contributed by atoms with Crippen molar-refractivity contribution in [3.63, 3.8) is 0 Å². The molecule has 1 heterocycles. The molecule has 0 aromatic heterocycles. The topological polar surface area (TPSA) is 9.23 Å². The quantitative estimate of drug-likeness (QED) is 0.395. The first-order chi connectivity index (χ1) is 2.50. The van der Waals surface area contributed by atoms with Crippen LogP contribution >= 0.6 is 0 Å². The van der Waals surface area contributed by atoms with Crippen molar-refractivity contribution in [1.82, 2.24) is 0 Å². The van der Waals surface area contributed by atoms with Crippen LogP contribution in [-0.4, -0.2) is 21.6 Å². The zero-order valence-electron chi connectivity index (χ0n) is 6.81. The van der Waals surface area contributed by atoms with Crippen LogP contribution in [0.4, 0.5) is 0 Å². The molecule has 0 amide bonds. The first-order valence-corrected chi connectivity index (χ1v) is 2.08. The fourth-order valence-corrected chi connectivity index (χ4v) is 0.510. The van der Waals surface area contributed by atoms with E-state index >= 15 is 0 Å². The number of rotatable bonds is 0. The second-order valence-corrected chi connectivity index (χ2v) is 1.32. The van der Waals surface area contributed by atoms with Gasteiger partial charge in [0.1, 0.15) is 0 Å². The summed E-state index contributed by atoms with van der Waals surface area (Å²) in [4.78, 5) is 0. The Morgan fingerprint density at radius 1 is 1.17 bits per heavy atom. The Morgan fingerprint density at radius 3 is 1.83 bits per heavy atom. The zero-order valence-corrected chi connectivity index (χ0v) is 3.81. The van der Waals surface area contributed by atoms with Gasteiger partial charge in [-0.1, -0.05) is 0 Å². The molecule has 2 heteroatoms. The van der Waals surface area contributed by atoms with Gasteiger partial charge in [-0.25, -0.2) is 0 Å². The van der Waals surface area contributed by atoms with Gasteiger partial charge in [0.2, 0.25) is 0 Å². The summed E-state index contributed by atoms with van der Waals surface area (Å²) in [7, 11) is 0. The van der Waals surface area contributed by atoms with Crippen molar-refractivity contribution in [2.75, 3.05) is 13.2 Å². The van der Waals surface area contributed by atoms with E-state index in [2.05, 4.69) is 0 Å². The van der Waals surface area contributed by atoms with Gasteiger partial charge in [-0.3, -0.25) is 0 Å². The molecule has 1 aliphatic rings. The summed E-state index contributed by atoms with van der Waals surface area (Å²) >= 11 is 0. The minimum absolute atomic E-state index is 0. The summed E-state index contributed by atoms with van der Waals surface area (Å²) in [5.41, 5.74) is 0. The summed E-state index contributed by atoms with van der Waals surface area (Å²) < 4.78 is 4.94. The minimum atomic E-state index is 0. The standard InChI is InChI=1S/C4H8O.B.3H/c1-2-4-5-3-1;;;;/h1-4H2;;;;/q;+3;3*-1. The molecule has 1 nitrogen and oxygen atoms in total. The molecule has 0 bridgehead atoms. The number of hydrogen-bond acceptors (Lipinski definition) is 1. The second kappa shape index (κ2) is 3.22. The maximum absolute atomic E-state index is 4.94. The Bertz CT molecular complexity index is 27.4. The molecular weight excluding hydrogens is 74.9 g/mol. The van der Waals surface area contributed by atoms with E-state index in [9.17, 15) is 0 Å². The second-order valence-electron chi connectivity index (χ2n) is 1.32. The summed E-state index contributed by atoms with van der Waals surface area (Å²) in [5, 5.41) is 0. The molecule has 0 N–H and O–H groups in total. The van der Waals surface area contributed by atoms with Crippen LogP contribution in [0.3, 0.4) is 0 Å². The Labute approximate surface area is 44.7 Å².